The van der Waals surface area contributed by atoms with Crippen molar-refractivity contribution in [1.29, 1.82) is 0 Å². The molecular formula is C8H12F3NO5S. The monoisotopic (exact) mass is 291 g/mol. The van der Waals surface area contributed by atoms with Gasteiger partial charge in [-0.15, -0.1) is 11.8 Å². The predicted molar refractivity (Wildman–Crippen MR) is 54.5 cm³/mol. The first-order valence-corrected chi connectivity index (χ1v) is 5.81. The van der Waals surface area contributed by atoms with Crippen LogP contribution in [0.15, 0.2) is 0 Å². The Labute approximate surface area is 104 Å². The van der Waals surface area contributed by atoms with E-state index in [4.69, 9.17) is 5.11 Å². The van der Waals surface area contributed by atoms with Gasteiger partial charge in [-0.1, -0.05) is 0 Å². The van der Waals surface area contributed by atoms with E-state index in [0.29, 0.717) is 11.8 Å². The van der Waals surface area contributed by atoms with Gasteiger partial charge in [0.05, 0.1) is 24.0 Å². The van der Waals surface area contributed by atoms with Crippen molar-refractivity contribution in [2.24, 2.45) is 0 Å². The third kappa shape index (κ3) is 3.26. The second-order valence-corrected chi connectivity index (χ2v) is 5.09. The Bertz CT molecular complexity index is 316. The van der Waals surface area contributed by atoms with Crippen LogP contribution in [0.4, 0.5) is 13.2 Å². The quantitative estimate of drug-likeness (QED) is 0.410. The molecule has 0 aromatic carbocycles. The highest BCUT2D eigenvalue weighted by atomic mass is 32.2. The SMILES string of the molecule is O=C(NC1C(O)SC(CO)[C@@H](O)[C@@H]1O)C(F)(F)F. The summed E-state index contributed by atoms with van der Waals surface area (Å²) in [5, 5.41) is 37.7. The molecule has 1 heterocycles. The number of thioether (sulfide) groups is 1. The fourth-order valence-electron chi connectivity index (χ4n) is 1.49. The van der Waals surface area contributed by atoms with Crippen LogP contribution >= 0.6 is 11.8 Å². The van der Waals surface area contributed by atoms with Crippen molar-refractivity contribution >= 4 is 17.7 Å². The summed E-state index contributed by atoms with van der Waals surface area (Å²) in [5.74, 6) is -2.32. The van der Waals surface area contributed by atoms with Gasteiger partial charge in [-0.25, -0.2) is 0 Å². The molecule has 0 aromatic heterocycles. The summed E-state index contributed by atoms with van der Waals surface area (Å²) in [7, 11) is 0. The number of hydrogen-bond acceptors (Lipinski definition) is 6. The highest BCUT2D eigenvalue weighted by Crippen LogP contribution is 2.31. The first-order chi connectivity index (χ1) is 8.18. The molecule has 1 saturated heterocycles. The van der Waals surface area contributed by atoms with E-state index in [1.807, 2.05) is 0 Å². The smallest absolute Gasteiger partial charge is 0.395 e. The lowest BCUT2D eigenvalue weighted by Crippen LogP contribution is -2.62. The van der Waals surface area contributed by atoms with E-state index in [9.17, 15) is 33.3 Å². The molecule has 18 heavy (non-hydrogen) atoms. The largest absolute Gasteiger partial charge is 0.471 e. The van der Waals surface area contributed by atoms with Crippen molar-refractivity contribution < 1.29 is 38.4 Å². The van der Waals surface area contributed by atoms with Crippen molar-refractivity contribution in [2.75, 3.05) is 6.61 Å². The van der Waals surface area contributed by atoms with Crippen LogP contribution in [-0.4, -0.2) is 68.1 Å². The Balaban J connectivity index is 2.74. The van der Waals surface area contributed by atoms with Crippen molar-refractivity contribution in [2.45, 2.75) is 35.1 Å². The zero-order valence-corrected chi connectivity index (χ0v) is 9.65. The van der Waals surface area contributed by atoms with Crippen molar-refractivity contribution in [3.8, 4) is 0 Å². The van der Waals surface area contributed by atoms with Gasteiger partial charge in [0.1, 0.15) is 11.5 Å². The number of rotatable bonds is 2. The van der Waals surface area contributed by atoms with Crippen LogP contribution in [0.25, 0.3) is 0 Å². The summed E-state index contributed by atoms with van der Waals surface area (Å²) in [4.78, 5) is 10.7. The summed E-state index contributed by atoms with van der Waals surface area (Å²) in [5.41, 5.74) is -1.56. The van der Waals surface area contributed by atoms with Crippen LogP contribution in [0.3, 0.4) is 0 Å². The van der Waals surface area contributed by atoms with Gasteiger partial charge in [0, 0.05) is 0 Å². The molecule has 0 bridgehead atoms. The van der Waals surface area contributed by atoms with Crippen LogP contribution < -0.4 is 5.32 Å². The third-order valence-electron chi connectivity index (χ3n) is 2.46. The lowest BCUT2D eigenvalue weighted by molar-refractivity contribution is -0.176. The summed E-state index contributed by atoms with van der Waals surface area (Å²) in [6.45, 7) is -0.570. The molecule has 5 N–H and O–H groups in total. The fraction of sp³-hybridized carbons (Fsp3) is 0.875. The highest BCUT2D eigenvalue weighted by Gasteiger charge is 2.47. The van der Waals surface area contributed by atoms with E-state index >= 15 is 0 Å². The number of aliphatic hydroxyl groups is 4. The molecule has 1 amide bonds. The maximum absolute atomic E-state index is 12.0. The molecule has 6 nitrogen and oxygen atoms in total. The number of carbonyl (C=O) groups is 1. The molecule has 0 spiro atoms. The lowest BCUT2D eigenvalue weighted by atomic mass is 10.0. The summed E-state index contributed by atoms with van der Waals surface area (Å²) < 4.78 is 36.0. The number of aliphatic hydroxyl groups excluding tert-OH is 4. The van der Waals surface area contributed by atoms with Gasteiger partial charge >= 0.3 is 12.1 Å². The molecule has 0 aliphatic carbocycles. The molecule has 10 heteroatoms. The van der Waals surface area contributed by atoms with E-state index in [1.165, 1.54) is 5.32 Å². The summed E-state index contributed by atoms with van der Waals surface area (Å²) in [6, 6.07) is -1.66. The number of carbonyl (C=O) groups excluding carboxylic acids is 1. The Morgan fingerprint density at radius 2 is 1.78 bits per heavy atom. The van der Waals surface area contributed by atoms with Gasteiger partial charge in [0.25, 0.3) is 0 Å². The maximum atomic E-state index is 12.0. The summed E-state index contributed by atoms with van der Waals surface area (Å²) in [6.07, 6.45) is -8.50. The second-order valence-electron chi connectivity index (χ2n) is 3.73. The minimum absolute atomic E-state index is 0.570. The molecule has 1 fully saturated rings. The van der Waals surface area contributed by atoms with Crippen molar-refractivity contribution in [1.82, 2.24) is 5.32 Å². The Morgan fingerprint density at radius 1 is 1.22 bits per heavy atom. The molecule has 0 saturated carbocycles. The molecule has 1 aliphatic rings. The van der Waals surface area contributed by atoms with Gasteiger partial charge in [-0.05, 0) is 0 Å². The van der Waals surface area contributed by atoms with Gasteiger partial charge in [0.15, 0.2) is 0 Å². The molecule has 106 valence electrons. The van der Waals surface area contributed by atoms with E-state index < -0.39 is 47.6 Å². The molecule has 5 atom stereocenters. The van der Waals surface area contributed by atoms with E-state index in [0.717, 1.165) is 0 Å². The second kappa shape index (κ2) is 5.61. The standard InChI is InChI=1S/C8H12F3NO5S/c9-8(10,11)7(17)12-3-5(15)4(14)2(1-13)18-6(3)16/h2-6,13-16H,1H2,(H,12,17)/t2?,3?,4-,5-,6?/m1/s1. The van der Waals surface area contributed by atoms with Crippen molar-refractivity contribution in [3.05, 3.63) is 0 Å². The fourth-order valence-corrected chi connectivity index (χ4v) is 2.65. The maximum Gasteiger partial charge on any atom is 0.471 e. The zero-order valence-electron chi connectivity index (χ0n) is 8.83. The Kier molecular flexibility index (Phi) is 4.84. The average molecular weight is 291 g/mol. The normalized spacial score (nSPS) is 37.4. The first-order valence-electron chi connectivity index (χ1n) is 4.86. The van der Waals surface area contributed by atoms with Gasteiger partial charge < -0.3 is 25.7 Å². The zero-order chi connectivity index (χ0) is 14.1. The van der Waals surface area contributed by atoms with Gasteiger partial charge in [-0.3, -0.25) is 4.79 Å². The van der Waals surface area contributed by atoms with Crippen LogP contribution in [0.2, 0.25) is 0 Å². The van der Waals surface area contributed by atoms with E-state index in [-0.39, 0.29) is 0 Å². The van der Waals surface area contributed by atoms with Crippen LogP contribution in [0.5, 0.6) is 0 Å². The van der Waals surface area contributed by atoms with E-state index in [1.54, 1.807) is 0 Å². The molecular weight excluding hydrogens is 279 g/mol. The lowest BCUT2D eigenvalue weighted by Gasteiger charge is -2.39. The Hall–Kier alpha value is -0.550. The number of halogens is 3. The average Bonchev–Trinajstić information content (AvgIpc) is 2.27. The predicted octanol–water partition coefficient (Wildman–Crippen LogP) is -1.82. The van der Waals surface area contributed by atoms with Crippen LogP contribution in [0, 0.1) is 0 Å². The highest BCUT2D eigenvalue weighted by molar-refractivity contribution is 8.00. The Morgan fingerprint density at radius 3 is 2.22 bits per heavy atom. The number of amides is 1. The minimum Gasteiger partial charge on any atom is -0.395 e. The molecule has 3 unspecified atom stereocenters. The molecule has 1 rings (SSSR count). The number of alkyl halides is 3. The topological polar surface area (TPSA) is 110 Å². The molecule has 1 aliphatic heterocycles. The third-order valence-corrected chi connectivity index (χ3v) is 3.80. The van der Waals surface area contributed by atoms with E-state index in [2.05, 4.69) is 0 Å². The van der Waals surface area contributed by atoms with Crippen molar-refractivity contribution in [3.63, 3.8) is 0 Å². The summed E-state index contributed by atoms with van der Waals surface area (Å²) >= 11 is 0.572. The molecule has 0 aromatic rings. The number of nitrogens with one attached hydrogen (secondary N) is 1. The van der Waals surface area contributed by atoms with Crippen LogP contribution in [-0.2, 0) is 4.79 Å². The van der Waals surface area contributed by atoms with Gasteiger partial charge in [0.2, 0.25) is 0 Å². The molecule has 0 radical (unpaired) electrons. The first kappa shape index (κ1) is 15.5. The van der Waals surface area contributed by atoms with Gasteiger partial charge in [-0.2, -0.15) is 13.2 Å². The minimum atomic E-state index is -5.15. The van der Waals surface area contributed by atoms with Crippen LogP contribution in [0.1, 0.15) is 0 Å². The number of hydrogen-bond donors (Lipinski definition) is 5.